The van der Waals surface area contributed by atoms with E-state index in [0.717, 1.165) is 16.9 Å². The lowest BCUT2D eigenvalue weighted by Crippen LogP contribution is -2.14. The van der Waals surface area contributed by atoms with E-state index < -0.39 is 6.10 Å². The molecule has 1 aromatic carbocycles. The fourth-order valence-corrected chi connectivity index (χ4v) is 2.29. The van der Waals surface area contributed by atoms with Gasteiger partial charge >= 0.3 is 0 Å². The Morgan fingerprint density at radius 1 is 1.39 bits per heavy atom. The van der Waals surface area contributed by atoms with Crippen molar-refractivity contribution in [3.05, 3.63) is 29.6 Å². The molecule has 0 saturated heterocycles. The Bertz CT molecular complexity index is 545. The number of rotatable bonds is 4. The summed E-state index contributed by atoms with van der Waals surface area (Å²) in [5, 5.41) is 10.2. The molecule has 2 aromatic rings. The number of aryl methyl sites for hydroxylation is 1. The number of nitrogens with two attached hydrogens (primary N) is 1. The second-order valence-electron chi connectivity index (χ2n) is 5.02. The van der Waals surface area contributed by atoms with E-state index in [2.05, 4.69) is 35.5 Å². The summed E-state index contributed by atoms with van der Waals surface area (Å²) in [6.45, 7) is 6.70. The summed E-state index contributed by atoms with van der Waals surface area (Å²) < 4.78 is 2.09. The van der Waals surface area contributed by atoms with Crippen LogP contribution < -0.4 is 5.73 Å². The van der Waals surface area contributed by atoms with E-state index in [1.54, 1.807) is 0 Å². The van der Waals surface area contributed by atoms with Gasteiger partial charge in [-0.1, -0.05) is 6.07 Å². The molecular weight excluding hydrogens is 226 g/mol. The second-order valence-corrected chi connectivity index (χ2v) is 5.02. The maximum Gasteiger partial charge on any atom is 0.139 e. The summed E-state index contributed by atoms with van der Waals surface area (Å²) in [4.78, 5) is 4.57. The Balaban J connectivity index is 2.60. The van der Waals surface area contributed by atoms with Gasteiger partial charge in [-0.3, -0.25) is 0 Å². The van der Waals surface area contributed by atoms with E-state index in [-0.39, 0.29) is 6.04 Å². The molecule has 3 N–H and O–H groups in total. The molecule has 4 heteroatoms. The third kappa shape index (κ3) is 2.26. The first-order valence-corrected chi connectivity index (χ1v) is 6.41. The molecule has 0 fully saturated rings. The molecule has 2 rings (SSSR count). The number of aromatic nitrogens is 2. The molecule has 0 spiro atoms. The van der Waals surface area contributed by atoms with Gasteiger partial charge in [0.25, 0.3) is 0 Å². The Kier molecular flexibility index (Phi) is 3.68. The van der Waals surface area contributed by atoms with Gasteiger partial charge in [0.15, 0.2) is 0 Å². The first-order valence-electron chi connectivity index (χ1n) is 6.41. The average molecular weight is 247 g/mol. The Hall–Kier alpha value is -1.39. The minimum Gasteiger partial charge on any atom is -0.385 e. The molecule has 1 aromatic heterocycles. The summed E-state index contributed by atoms with van der Waals surface area (Å²) in [5.74, 6) is 0.719. The third-order valence-corrected chi connectivity index (χ3v) is 3.13. The maximum atomic E-state index is 10.2. The lowest BCUT2D eigenvalue weighted by Gasteiger charge is -2.16. The number of fused-ring (bicyclic) bond motifs is 1. The molecule has 0 amide bonds. The molecule has 18 heavy (non-hydrogen) atoms. The normalized spacial score (nSPS) is 13.4. The van der Waals surface area contributed by atoms with Crippen molar-refractivity contribution in [1.82, 2.24) is 9.55 Å². The summed E-state index contributed by atoms with van der Waals surface area (Å²) in [5.41, 5.74) is 8.70. The monoisotopic (exact) mass is 247 g/mol. The van der Waals surface area contributed by atoms with E-state index >= 15 is 0 Å². The topological polar surface area (TPSA) is 64.1 Å². The second kappa shape index (κ2) is 5.08. The lowest BCUT2D eigenvalue weighted by molar-refractivity contribution is 0.155. The number of benzene rings is 1. The molecular formula is C14H21N3O. The molecule has 4 nitrogen and oxygen atoms in total. The number of aliphatic hydroxyl groups is 1. The first kappa shape index (κ1) is 13.1. The van der Waals surface area contributed by atoms with Crippen molar-refractivity contribution in [2.24, 2.45) is 5.73 Å². The quantitative estimate of drug-likeness (QED) is 0.871. The highest BCUT2D eigenvalue weighted by Crippen LogP contribution is 2.26. The van der Waals surface area contributed by atoms with Crippen molar-refractivity contribution in [2.75, 3.05) is 6.54 Å². The van der Waals surface area contributed by atoms with Gasteiger partial charge in [-0.25, -0.2) is 4.98 Å². The van der Waals surface area contributed by atoms with Crippen LogP contribution in [0.4, 0.5) is 0 Å². The van der Waals surface area contributed by atoms with Gasteiger partial charge in [0, 0.05) is 6.04 Å². The van der Waals surface area contributed by atoms with Crippen LogP contribution in [-0.2, 0) is 0 Å². The number of hydrogen-bond donors (Lipinski definition) is 2. The van der Waals surface area contributed by atoms with E-state index in [4.69, 9.17) is 5.73 Å². The summed E-state index contributed by atoms with van der Waals surface area (Å²) in [6, 6.07) is 6.45. The van der Waals surface area contributed by atoms with Crippen molar-refractivity contribution in [1.29, 1.82) is 0 Å². The van der Waals surface area contributed by atoms with Crippen LogP contribution in [0, 0.1) is 6.92 Å². The van der Waals surface area contributed by atoms with Gasteiger partial charge < -0.3 is 15.4 Å². The molecule has 1 unspecified atom stereocenters. The fraction of sp³-hybridized carbons (Fsp3) is 0.500. The molecule has 0 saturated carbocycles. The number of nitrogens with zero attached hydrogens (tertiary/aromatic N) is 2. The first-order chi connectivity index (χ1) is 8.54. The van der Waals surface area contributed by atoms with Gasteiger partial charge in [-0.2, -0.15) is 0 Å². The highest BCUT2D eigenvalue weighted by atomic mass is 16.3. The van der Waals surface area contributed by atoms with Crippen LogP contribution in [0.25, 0.3) is 11.0 Å². The Labute approximate surface area is 107 Å². The van der Waals surface area contributed by atoms with Gasteiger partial charge in [-0.15, -0.1) is 0 Å². The predicted octanol–water partition coefficient (Wildman–Crippen LogP) is 2.31. The number of aliphatic hydroxyl groups excluding tert-OH is 1. The van der Waals surface area contributed by atoms with Crippen molar-refractivity contribution >= 4 is 11.0 Å². The van der Waals surface area contributed by atoms with Crippen molar-refractivity contribution in [3.8, 4) is 0 Å². The zero-order chi connectivity index (χ0) is 13.3. The van der Waals surface area contributed by atoms with Gasteiger partial charge in [-0.05, 0) is 51.4 Å². The van der Waals surface area contributed by atoms with Crippen LogP contribution >= 0.6 is 0 Å². The van der Waals surface area contributed by atoms with Crippen LogP contribution in [0.3, 0.4) is 0 Å². The summed E-state index contributed by atoms with van der Waals surface area (Å²) >= 11 is 0. The van der Waals surface area contributed by atoms with E-state index in [0.29, 0.717) is 13.0 Å². The fourth-order valence-electron chi connectivity index (χ4n) is 2.29. The van der Waals surface area contributed by atoms with Gasteiger partial charge in [0.1, 0.15) is 11.9 Å². The number of imidazole rings is 1. The number of hydrogen-bond acceptors (Lipinski definition) is 3. The van der Waals surface area contributed by atoms with Crippen molar-refractivity contribution < 1.29 is 5.11 Å². The van der Waals surface area contributed by atoms with Crippen LogP contribution in [-0.4, -0.2) is 21.2 Å². The highest BCUT2D eigenvalue weighted by molar-refractivity contribution is 5.77. The minimum atomic E-state index is -0.592. The van der Waals surface area contributed by atoms with E-state index in [1.807, 2.05) is 13.0 Å². The molecule has 0 aliphatic heterocycles. The third-order valence-electron chi connectivity index (χ3n) is 3.13. The zero-order valence-corrected chi connectivity index (χ0v) is 11.2. The molecule has 0 aliphatic carbocycles. The highest BCUT2D eigenvalue weighted by Gasteiger charge is 2.19. The van der Waals surface area contributed by atoms with Crippen molar-refractivity contribution in [3.63, 3.8) is 0 Å². The average Bonchev–Trinajstić information content (AvgIpc) is 2.67. The minimum absolute atomic E-state index is 0.264. The van der Waals surface area contributed by atoms with Crippen LogP contribution in [0.5, 0.6) is 0 Å². The van der Waals surface area contributed by atoms with Crippen molar-refractivity contribution in [2.45, 2.75) is 39.3 Å². The Morgan fingerprint density at radius 3 is 2.72 bits per heavy atom. The molecule has 0 radical (unpaired) electrons. The summed E-state index contributed by atoms with van der Waals surface area (Å²) in [7, 11) is 0. The van der Waals surface area contributed by atoms with E-state index in [9.17, 15) is 5.11 Å². The summed E-state index contributed by atoms with van der Waals surface area (Å²) in [6.07, 6.45) is -0.0558. The van der Waals surface area contributed by atoms with Crippen LogP contribution in [0.15, 0.2) is 18.2 Å². The van der Waals surface area contributed by atoms with Gasteiger partial charge in [0.05, 0.1) is 11.0 Å². The van der Waals surface area contributed by atoms with Crippen LogP contribution in [0.1, 0.15) is 43.8 Å². The molecule has 98 valence electrons. The van der Waals surface area contributed by atoms with Crippen LogP contribution in [0.2, 0.25) is 0 Å². The predicted molar refractivity (Wildman–Crippen MR) is 73.5 cm³/mol. The molecule has 1 heterocycles. The lowest BCUT2D eigenvalue weighted by atomic mass is 10.2. The Morgan fingerprint density at radius 2 is 2.11 bits per heavy atom. The molecule has 1 atom stereocenters. The SMILES string of the molecule is Cc1ccc2c(c1)nc(C(O)CCN)n2C(C)C. The molecule has 0 aliphatic rings. The largest absolute Gasteiger partial charge is 0.385 e. The standard InChI is InChI=1S/C14H21N3O/c1-9(2)17-12-5-4-10(3)8-11(12)16-14(17)13(18)6-7-15/h4-5,8-9,13,18H,6-7,15H2,1-3H3. The molecule has 0 bridgehead atoms. The van der Waals surface area contributed by atoms with E-state index in [1.165, 1.54) is 5.56 Å². The zero-order valence-electron chi connectivity index (χ0n) is 11.2. The van der Waals surface area contributed by atoms with Gasteiger partial charge in [0.2, 0.25) is 0 Å². The maximum absolute atomic E-state index is 10.2. The smallest absolute Gasteiger partial charge is 0.139 e.